The fraction of sp³-hybridized carbons (Fsp3) is 0.500. The maximum Gasteiger partial charge on any atom is 0.211 e. The van der Waals surface area contributed by atoms with Crippen molar-refractivity contribution in [2.24, 2.45) is 7.05 Å². The van der Waals surface area contributed by atoms with Gasteiger partial charge in [0.15, 0.2) is 5.76 Å². The Balaban J connectivity index is 2.26. The fourth-order valence-electron chi connectivity index (χ4n) is 1.85. The lowest BCUT2D eigenvalue weighted by Crippen LogP contribution is -2.17. The van der Waals surface area contributed by atoms with Crippen molar-refractivity contribution in [3.05, 3.63) is 24.0 Å². The summed E-state index contributed by atoms with van der Waals surface area (Å²) in [6.45, 7) is 6.96. The summed E-state index contributed by atoms with van der Waals surface area (Å²) >= 11 is 0. The topological polar surface area (TPSA) is 55.9 Å². The van der Waals surface area contributed by atoms with Gasteiger partial charge in [0.2, 0.25) is 5.89 Å². The van der Waals surface area contributed by atoms with Crippen molar-refractivity contribution in [3.8, 4) is 11.3 Å². The fourth-order valence-corrected chi connectivity index (χ4v) is 1.85. The molecule has 0 radical (unpaired) electrons. The molecule has 1 atom stereocenters. The van der Waals surface area contributed by atoms with Gasteiger partial charge in [0.1, 0.15) is 0 Å². The van der Waals surface area contributed by atoms with Crippen LogP contribution in [-0.2, 0) is 7.05 Å². The van der Waals surface area contributed by atoms with Gasteiger partial charge in [-0.15, -0.1) is 0 Å². The van der Waals surface area contributed by atoms with Crippen LogP contribution in [-0.4, -0.2) is 21.3 Å². The van der Waals surface area contributed by atoms with Crippen LogP contribution in [0.2, 0.25) is 0 Å². The average Bonchev–Trinajstić information content (AvgIpc) is 2.85. The maximum absolute atomic E-state index is 5.75. The molecule has 0 fully saturated rings. The predicted molar refractivity (Wildman–Crippen MR) is 65.5 cm³/mol. The van der Waals surface area contributed by atoms with Gasteiger partial charge in [-0.3, -0.25) is 4.68 Å². The Labute approximate surface area is 101 Å². The van der Waals surface area contributed by atoms with Crippen molar-refractivity contribution >= 4 is 0 Å². The monoisotopic (exact) mass is 234 g/mol. The molecule has 1 N–H and O–H groups in total. The predicted octanol–water partition coefficient (Wildman–Crippen LogP) is 2.05. The molecule has 0 aliphatic carbocycles. The SMILES string of the molecule is CCNC(C)c1ncc(-c2cn(C)nc2C)o1. The molecule has 0 aliphatic rings. The first-order chi connectivity index (χ1) is 8.11. The van der Waals surface area contributed by atoms with Gasteiger partial charge in [-0.1, -0.05) is 6.92 Å². The van der Waals surface area contributed by atoms with E-state index in [1.165, 1.54) is 0 Å². The van der Waals surface area contributed by atoms with Gasteiger partial charge in [-0.2, -0.15) is 5.10 Å². The summed E-state index contributed by atoms with van der Waals surface area (Å²) in [5.74, 6) is 1.49. The summed E-state index contributed by atoms with van der Waals surface area (Å²) in [7, 11) is 1.90. The van der Waals surface area contributed by atoms with E-state index in [0.29, 0.717) is 5.89 Å². The average molecular weight is 234 g/mol. The molecule has 0 aliphatic heterocycles. The van der Waals surface area contributed by atoms with Gasteiger partial charge in [0.05, 0.1) is 23.5 Å². The summed E-state index contributed by atoms with van der Waals surface area (Å²) < 4.78 is 7.53. The van der Waals surface area contributed by atoms with Crippen LogP contribution in [0.3, 0.4) is 0 Å². The summed E-state index contributed by atoms with van der Waals surface area (Å²) in [5, 5.41) is 7.56. The lowest BCUT2D eigenvalue weighted by Gasteiger charge is -2.06. The molecule has 2 aromatic rings. The molecule has 2 aromatic heterocycles. The molecule has 5 heteroatoms. The lowest BCUT2D eigenvalue weighted by atomic mass is 10.2. The third kappa shape index (κ3) is 2.39. The first-order valence-corrected chi connectivity index (χ1v) is 5.81. The largest absolute Gasteiger partial charge is 0.439 e. The van der Waals surface area contributed by atoms with E-state index in [1.54, 1.807) is 10.9 Å². The third-order valence-electron chi connectivity index (χ3n) is 2.68. The van der Waals surface area contributed by atoms with Crippen molar-refractivity contribution in [2.45, 2.75) is 26.8 Å². The summed E-state index contributed by atoms with van der Waals surface area (Å²) in [5.41, 5.74) is 1.95. The molecule has 2 rings (SSSR count). The Morgan fingerprint density at radius 1 is 1.53 bits per heavy atom. The minimum absolute atomic E-state index is 0.130. The molecule has 0 saturated carbocycles. The van der Waals surface area contributed by atoms with Crippen LogP contribution in [0.5, 0.6) is 0 Å². The Morgan fingerprint density at radius 2 is 2.29 bits per heavy atom. The van der Waals surface area contributed by atoms with Crippen LogP contribution in [0, 0.1) is 6.92 Å². The van der Waals surface area contributed by atoms with Crippen LogP contribution >= 0.6 is 0 Å². The number of nitrogens with one attached hydrogen (secondary N) is 1. The van der Waals surface area contributed by atoms with Gasteiger partial charge in [0.25, 0.3) is 0 Å². The summed E-state index contributed by atoms with van der Waals surface area (Å²) in [6, 6.07) is 0.130. The van der Waals surface area contributed by atoms with Gasteiger partial charge in [-0.05, 0) is 20.4 Å². The molecule has 17 heavy (non-hydrogen) atoms. The van der Waals surface area contributed by atoms with E-state index in [2.05, 4.69) is 22.3 Å². The van der Waals surface area contributed by atoms with Crippen LogP contribution in [0.1, 0.15) is 31.5 Å². The van der Waals surface area contributed by atoms with Crippen molar-refractivity contribution in [1.29, 1.82) is 0 Å². The van der Waals surface area contributed by atoms with Crippen LogP contribution in [0.4, 0.5) is 0 Å². The number of hydrogen-bond donors (Lipinski definition) is 1. The Morgan fingerprint density at radius 3 is 2.88 bits per heavy atom. The van der Waals surface area contributed by atoms with Gasteiger partial charge in [-0.25, -0.2) is 4.98 Å². The molecule has 0 bridgehead atoms. The number of hydrogen-bond acceptors (Lipinski definition) is 4. The molecule has 0 aromatic carbocycles. The molecule has 92 valence electrons. The second kappa shape index (κ2) is 4.71. The molecular formula is C12H18N4O. The minimum atomic E-state index is 0.130. The first-order valence-electron chi connectivity index (χ1n) is 5.81. The number of aromatic nitrogens is 3. The molecule has 1 unspecified atom stereocenters. The van der Waals surface area contributed by atoms with Crippen molar-refractivity contribution in [1.82, 2.24) is 20.1 Å². The maximum atomic E-state index is 5.75. The van der Waals surface area contributed by atoms with Crippen molar-refractivity contribution in [3.63, 3.8) is 0 Å². The quantitative estimate of drug-likeness (QED) is 0.879. The first kappa shape index (κ1) is 11.9. The number of nitrogens with zero attached hydrogens (tertiary/aromatic N) is 3. The zero-order valence-corrected chi connectivity index (χ0v) is 10.7. The highest BCUT2D eigenvalue weighted by Crippen LogP contribution is 2.25. The Kier molecular flexibility index (Phi) is 3.28. The number of rotatable bonds is 4. The second-order valence-electron chi connectivity index (χ2n) is 4.14. The highest BCUT2D eigenvalue weighted by atomic mass is 16.4. The van der Waals surface area contributed by atoms with E-state index < -0.39 is 0 Å². The smallest absolute Gasteiger partial charge is 0.211 e. The zero-order chi connectivity index (χ0) is 12.4. The van der Waals surface area contributed by atoms with E-state index >= 15 is 0 Å². The third-order valence-corrected chi connectivity index (χ3v) is 2.68. The zero-order valence-electron chi connectivity index (χ0n) is 10.7. The van der Waals surface area contributed by atoms with Gasteiger partial charge in [0, 0.05) is 13.2 Å². The normalized spacial score (nSPS) is 12.9. The Bertz CT molecular complexity index is 500. The van der Waals surface area contributed by atoms with Crippen LogP contribution in [0.15, 0.2) is 16.8 Å². The molecule has 2 heterocycles. The van der Waals surface area contributed by atoms with E-state index in [1.807, 2.05) is 27.1 Å². The van der Waals surface area contributed by atoms with Crippen LogP contribution < -0.4 is 5.32 Å². The van der Waals surface area contributed by atoms with Gasteiger partial charge < -0.3 is 9.73 Å². The number of aryl methyl sites for hydroxylation is 2. The highest BCUT2D eigenvalue weighted by Gasteiger charge is 2.14. The van der Waals surface area contributed by atoms with E-state index in [4.69, 9.17) is 4.42 Å². The van der Waals surface area contributed by atoms with Crippen LogP contribution in [0.25, 0.3) is 11.3 Å². The molecule has 0 spiro atoms. The van der Waals surface area contributed by atoms with E-state index in [-0.39, 0.29) is 6.04 Å². The van der Waals surface area contributed by atoms with E-state index in [9.17, 15) is 0 Å². The van der Waals surface area contributed by atoms with Gasteiger partial charge >= 0.3 is 0 Å². The van der Waals surface area contributed by atoms with Crippen molar-refractivity contribution < 1.29 is 4.42 Å². The molecule has 5 nitrogen and oxygen atoms in total. The highest BCUT2D eigenvalue weighted by molar-refractivity contribution is 5.58. The molecule has 0 amide bonds. The molecular weight excluding hydrogens is 216 g/mol. The standard InChI is InChI=1S/C12H18N4O/c1-5-13-9(3)12-14-6-11(17-12)10-7-16(4)15-8(10)2/h6-7,9,13H,5H2,1-4H3. The van der Waals surface area contributed by atoms with Crippen molar-refractivity contribution in [2.75, 3.05) is 6.54 Å². The summed E-state index contributed by atoms with van der Waals surface area (Å²) in [4.78, 5) is 4.30. The Hall–Kier alpha value is -1.62. The number of oxazole rings is 1. The molecule has 0 saturated heterocycles. The lowest BCUT2D eigenvalue weighted by molar-refractivity contribution is 0.429. The van der Waals surface area contributed by atoms with E-state index in [0.717, 1.165) is 23.6 Å². The second-order valence-corrected chi connectivity index (χ2v) is 4.14. The minimum Gasteiger partial charge on any atom is -0.439 e. The summed E-state index contributed by atoms with van der Waals surface area (Å²) in [6.07, 6.45) is 3.70.